The van der Waals surface area contributed by atoms with Gasteiger partial charge in [0.25, 0.3) is 0 Å². The zero-order valence-corrected chi connectivity index (χ0v) is 10.1. The Bertz CT molecular complexity index is 490. The highest BCUT2D eigenvalue weighted by molar-refractivity contribution is 5.81. The van der Waals surface area contributed by atoms with Crippen LogP contribution in [0.15, 0.2) is 28.9 Å². The number of fused-ring (bicyclic) bond motifs is 1. The van der Waals surface area contributed by atoms with E-state index in [2.05, 4.69) is 25.1 Å². The Labute approximate surface area is 101 Å². The lowest BCUT2D eigenvalue weighted by atomic mass is 10.0. The molecule has 1 heterocycles. The largest absolute Gasteiger partial charge is 0.464 e. The summed E-state index contributed by atoms with van der Waals surface area (Å²) >= 11 is 0. The van der Waals surface area contributed by atoms with Gasteiger partial charge < -0.3 is 15.3 Å². The van der Waals surface area contributed by atoms with E-state index < -0.39 is 0 Å². The highest BCUT2D eigenvalue weighted by Gasteiger charge is 2.10. The van der Waals surface area contributed by atoms with Crippen LogP contribution >= 0.6 is 0 Å². The van der Waals surface area contributed by atoms with Crippen molar-refractivity contribution < 1.29 is 9.52 Å². The van der Waals surface area contributed by atoms with Gasteiger partial charge in [-0.2, -0.15) is 0 Å². The molecule has 0 aliphatic carbocycles. The molecule has 0 saturated heterocycles. The second kappa shape index (κ2) is 5.34. The summed E-state index contributed by atoms with van der Waals surface area (Å²) < 4.78 is 5.54. The van der Waals surface area contributed by atoms with Crippen LogP contribution in [0, 0.1) is 0 Å². The predicted molar refractivity (Wildman–Crippen MR) is 69.0 cm³/mol. The molecule has 0 aliphatic heterocycles. The fraction of sp³-hybridized carbons (Fsp3) is 0.429. The standard InChI is InChI=1S/C14H19NO2/c1-2-3-10-4-5-13-11(7-12(15)8-16)9-17-14(13)6-10/h4-6,9,12,16H,2-3,7-8,15H2,1H3/t12-/m1/s1. The number of furan rings is 1. The summed E-state index contributed by atoms with van der Waals surface area (Å²) in [5.41, 5.74) is 9.03. The van der Waals surface area contributed by atoms with Gasteiger partial charge in [0, 0.05) is 11.4 Å². The van der Waals surface area contributed by atoms with Crippen molar-refractivity contribution in [3.05, 3.63) is 35.6 Å². The molecular formula is C14H19NO2. The van der Waals surface area contributed by atoms with E-state index in [4.69, 9.17) is 15.3 Å². The van der Waals surface area contributed by atoms with Crippen molar-refractivity contribution in [3.63, 3.8) is 0 Å². The van der Waals surface area contributed by atoms with Crippen molar-refractivity contribution in [2.75, 3.05) is 6.61 Å². The van der Waals surface area contributed by atoms with Gasteiger partial charge in [0.05, 0.1) is 12.9 Å². The molecule has 3 nitrogen and oxygen atoms in total. The molecule has 92 valence electrons. The molecule has 3 heteroatoms. The summed E-state index contributed by atoms with van der Waals surface area (Å²) in [7, 11) is 0. The van der Waals surface area contributed by atoms with Crippen molar-refractivity contribution in [3.8, 4) is 0 Å². The van der Waals surface area contributed by atoms with E-state index in [1.165, 1.54) is 5.56 Å². The van der Waals surface area contributed by atoms with Crippen LogP contribution in [-0.4, -0.2) is 17.8 Å². The molecule has 2 aromatic rings. The van der Waals surface area contributed by atoms with E-state index in [1.807, 2.05) is 0 Å². The van der Waals surface area contributed by atoms with Crippen LogP contribution < -0.4 is 5.73 Å². The van der Waals surface area contributed by atoms with Crippen molar-refractivity contribution >= 4 is 11.0 Å². The summed E-state index contributed by atoms with van der Waals surface area (Å²) in [5.74, 6) is 0. The average molecular weight is 233 g/mol. The number of nitrogens with two attached hydrogens (primary N) is 1. The maximum Gasteiger partial charge on any atom is 0.134 e. The molecule has 0 spiro atoms. The number of rotatable bonds is 5. The normalized spacial score (nSPS) is 13.1. The van der Waals surface area contributed by atoms with Crippen LogP contribution in [0.1, 0.15) is 24.5 Å². The Morgan fingerprint density at radius 2 is 2.24 bits per heavy atom. The molecule has 0 bridgehead atoms. The Morgan fingerprint density at radius 3 is 2.94 bits per heavy atom. The zero-order valence-electron chi connectivity index (χ0n) is 10.1. The molecule has 1 atom stereocenters. The van der Waals surface area contributed by atoms with Crippen LogP contribution in [0.5, 0.6) is 0 Å². The summed E-state index contributed by atoms with van der Waals surface area (Å²) in [6, 6.07) is 6.09. The predicted octanol–water partition coefficient (Wildman–Crippen LogP) is 2.25. The molecule has 17 heavy (non-hydrogen) atoms. The fourth-order valence-corrected chi connectivity index (χ4v) is 2.08. The number of aliphatic hydroxyl groups is 1. The maximum atomic E-state index is 8.96. The van der Waals surface area contributed by atoms with Gasteiger partial charge in [0.15, 0.2) is 0 Å². The summed E-state index contributed by atoms with van der Waals surface area (Å²) in [6.07, 6.45) is 4.60. The van der Waals surface area contributed by atoms with E-state index in [0.29, 0.717) is 6.42 Å². The second-order valence-corrected chi connectivity index (χ2v) is 4.49. The minimum absolute atomic E-state index is 0.000587. The van der Waals surface area contributed by atoms with Gasteiger partial charge in [-0.25, -0.2) is 0 Å². The molecule has 1 aromatic carbocycles. The van der Waals surface area contributed by atoms with Crippen LogP contribution in [0.2, 0.25) is 0 Å². The molecule has 0 radical (unpaired) electrons. The van der Waals surface area contributed by atoms with E-state index in [9.17, 15) is 0 Å². The first-order valence-corrected chi connectivity index (χ1v) is 6.10. The monoisotopic (exact) mass is 233 g/mol. The Morgan fingerprint density at radius 1 is 1.41 bits per heavy atom. The van der Waals surface area contributed by atoms with Gasteiger partial charge in [-0.05, 0) is 30.0 Å². The van der Waals surface area contributed by atoms with Gasteiger partial charge in [-0.1, -0.05) is 25.5 Å². The molecule has 0 saturated carbocycles. The Kier molecular flexibility index (Phi) is 3.82. The zero-order chi connectivity index (χ0) is 12.3. The summed E-state index contributed by atoms with van der Waals surface area (Å²) in [5, 5.41) is 10.1. The maximum absolute atomic E-state index is 8.96. The lowest BCUT2D eigenvalue weighted by molar-refractivity contribution is 0.265. The van der Waals surface area contributed by atoms with Crippen LogP contribution in [0.4, 0.5) is 0 Å². The van der Waals surface area contributed by atoms with Crippen molar-refractivity contribution in [1.82, 2.24) is 0 Å². The molecule has 0 aliphatic rings. The molecule has 0 unspecified atom stereocenters. The second-order valence-electron chi connectivity index (χ2n) is 4.49. The van der Waals surface area contributed by atoms with Gasteiger partial charge in [0.2, 0.25) is 0 Å². The van der Waals surface area contributed by atoms with E-state index in [-0.39, 0.29) is 12.6 Å². The topological polar surface area (TPSA) is 59.4 Å². The van der Waals surface area contributed by atoms with E-state index in [1.54, 1.807) is 6.26 Å². The minimum Gasteiger partial charge on any atom is -0.464 e. The van der Waals surface area contributed by atoms with Crippen molar-refractivity contribution in [2.24, 2.45) is 5.73 Å². The van der Waals surface area contributed by atoms with Crippen LogP contribution in [0.25, 0.3) is 11.0 Å². The first kappa shape index (κ1) is 12.1. The van der Waals surface area contributed by atoms with Gasteiger partial charge in [-0.3, -0.25) is 0 Å². The first-order valence-electron chi connectivity index (χ1n) is 6.10. The molecule has 0 fully saturated rings. The molecular weight excluding hydrogens is 214 g/mol. The number of aliphatic hydroxyl groups excluding tert-OH is 1. The molecule has 0 amide bonds. The number of benzene rings is 1. The Balaban J connectivity index is 2.28. The Hall–Kier alpha value is -1.32. The third-order valence-electron chi connectivity index (χ3n) is 2.98. The lowest BCUT2D eigenvalue weighted by Gasteiger charge is -2.05. The van der Waals surface area contributed by atoms with Crippen LogP contribution in [0.3, 0.4) is 0 Å². The van der Waals surface area contributed by atoms with Gasteiger partial charge >= 0.3 is 0 Å². The van der Waals surface area contributed by atoms with Gasteiger partial charge in [0.1, 0.15) is 5.58 Å². The number of aryl methyl sites for hydroxylation is 1. The molecule has 1 aromatic heterocycles. The highest BCUT2D eigenvalue weighted by atomic mass is 16.3. The lowest BCUT2D eigenvalue weighted by Crippen LogP contribution is -2.26. The SMILES string of the molecule is CCCc1ccc2c(C[C@@H](N)CO)coc2c1. The van der Waals surface area contributed by atoms with Crippen LogP contribution in [-0.2, 0) is 12.8 Å². The third-order valence-corrected chi connectivity index (χ3v) is 2.98. The first-order chi connectivity index (χ1) is 8.24. The van der Waals surface area contributed by atoms with Crippen molar-refractivity contribution in [1.29, 1.82) is 0 Å². The molecule has 2 rings (SSSR count). The third kappa shape index (κ3) is 2.68. The quantitative estimate of drug-likeness (QED) is 0.832. The average Bonchev–Trinajstić information content (AvgIpc) is 2.72. The highest BCUT2D eigenvalue weighted by Crippen LogP contribution is 2.23. The molecule has 3 N–H and O–H groups in total. The van der Waals surface area contributed by atoms with Gasteiger partial charge in [-0.15, -0.1) is 0 Å². The van der Waals surface area contributed by atoms with E-state index in [0.717, 1.165) is 29.4 Å². The number of hydrogen-bond donors (Lipinski definition) is 2. The number of hydrogen-bond acceptors (Lipinski definition) is 3. The summed E-state index contributed by atoms with van der Waals surface area (Å²) in [6.45, 7) is 2.17. The minimum atomic E-state index is -0.217. The van der Waals surface area contributed by atoms with E-state index >= 15 is 0 Å². The fourth-order valence-electron chi connectivity index (χ4n) is 2.08. The summed E-state index contributed by atoms with van der Waals surface area (Å²) in [4.78, 5) is 0. The van der Waals surface area contributed by atoms with Crippen molar-refractivity contribution in [2.45, 2.75) is 32.2 Å². The smallest absolute Gasteiger partial charge is 0.134 e.